The second kappa shape index (κ2) is 7.33. The Labute approximate surface area is 168 Å². The first kappa shape index (κ1) is 21.1. The second-order valence-electron chi connectivity index (χ2n) is 6.72. The van der Waals surface area contributed by atoms with Crippen LogP contribution in [0.2, 0.25) is 0 Å². The summed E-state index contributed by atoms with van der Waals surface area (Å²) in [6, 6.07) is 8.20. The van der Waals surface area contributed by atoms with Gasteiger partial charge < -0.3 is 10.0 Å². The van der Waals surface area contributed by atoms with E-state index >= 15 is 0 Å². The number of imide groups is 1. The minimum atomic E-state index is -4.88. The molecule has 1 fully saturated rings. The fraction of sp³-hybridized carbons (Fsp3) is 0.250. The lowest BCUT2D eigenvalue weighted by Gasteiger charge is -2.31. The van der Waals surface area contributed by atoms with Crippen LogP contribution >= 0.6 is 0 Å². The number of nitriles is 1. The van der Waals surface area contributed by atoms with E-state index < -0.39 is 48.0 Å². The van der Waals surface area contributed by atoms with Gasteiger partial charge in [-0.3, -0.25) is 4.79 Å². The minimum Gasteiger partial charge on any atom is -0.508 e. The molecule has 1 aliphatic heterocycles. The Kier molecular flexibility index (Phi) is 5.16. The number of phenols is 1. The SMILES string of the molecule is CC1(c2ccc(O)cc2)C(=O)N(c2ccc(C#N)c(C(F)(F)F)c2)C(=O)N1CCF. The molecule has 1 saturated heterocycles. The van der Waals surface area contributed by atoms with E-state index in [0.29, 0.717) is 11.0 Å². The van der Waals surface area contributed by atoms with Crippen molar-refractivity contribution in [3.05, 3.63) is 59.2 Å². The van der Waals surface area contributed by atoms with Crippen LogP contribution in [0.4, 0.5) is 28.0 Å². The average Bonchev–Trinajstić information content (AvgIpc) is 2.89. The van der Waals surface area contributed by atoms with Crippen LogP contribution in [0.15, 0.2) is 42.5 Å². The molecule has 6 nitrogen and oxygen atoms in total. The molecule has 0 aliphatic carbocycles. The summed E-state index contributed by atoms with van der Waals surface area (Å²) in [5.74, 6) is -0.987. The highest BCUT2D eigenvalue weighted by molar-refractivity contribution is 6.23. The third-order valence-electron chi connectivity index (χ3n) is 5.01. The molecule has 0 radical (unpaired) electrons. The summed E-state index contributed by atoms with van der Waals surface area (Å²) in [7, 11) is 0. The number of carbonyl (C=O) groups excluding carboxylic acids is 2. The molecule has 1 unspecified atom stereocenters. The number of benzene rings is 2. The number of anilines is 1. The molecule has 1 atom stereocenters. The monoisotopic (exact) mass is 421 g/mol. The van der Waals surface area contributed by atoms with E-state index in [1.165, 1.54) is 37.3 Å². The number of amides is 3. The summed E-state index contributed by atoms with van der Waals surface area (Å²) in [6.07, 6.45) is -4.88. The summed E-state index contributed by atoms with van der Waals surface area (Å²) in [5.41, 5.74) is -3.80. The zero-order valence-electron chi connectivity index (χ0n) is 15.6. The molecular formula is C20H15F4N3O3. The first-order chi connectivity index (χ1) is 14.1. The number of halogens is 4. The molecule has 0 aromatic heterocycles. The van der Waals surface area contributed by atoms with Gasteiger partial charge in [0.15, 0.2) is 0 Å². The fourth-order valence-electron chi connectivity index (χ4n) is 3.43. The number of aromatic hydroxyl groups is 1. The molecular weight excluding hydrogens is 406 g/mol. The molecule has 3 rings (SSSR count). The van der Waals surface area contributed by atoms with Gasteiger partial charge in [-0.05, 0) is 42.8 Å². The number of rotatable bonds is 4. The third-order valence-corrected chi connectivity index (χ3v) is 5.01. The quantitative estimate of drug-likeness (QED) is 0.599. The van der Waals surface area contributed by atoms with Crippen molar-refractivity contribution in [1.29, 1.82) is 5.26 Å². The van der Waals surface area contributed by atoms with Crippen LogP contribution in [-0.4, -0.2) is 35.2 Å². The van der Waals surface area contributed by atoms with Crippen LogP contribution in [0.1, 0.15) is 23.6 Å². The predicted molar refractivity (Wildman–Crippen MR) is 97.2 cm³/mol. The van der Waals surface area contributed by atoms with Gasteiger partial charge in [-0.25, -0.2) is 14.1 Å². The van der Waals surface area contributed by atoms with Crippen LogP contribution in [0.3, 0.4) is 0 Å². The molecule has 1 N–H and O–H groups in total. The van der Waals surface area contributed by atoms with E-state index in [2.05, 4.69) is 0 Å². The van der Waals surface area contributed by atoms with Gasteiger partial charge in [-0.1, -0.05) is 12.1 Å². The van der Waals surface area contributed by atoms with E-state index in [1.54, 1.807) is 0 Å². The molecule has 30 heavy (non-hydrogen) atoms. The highest BCUT2D eigenvalue weighted by Crippen LogP contribution is 2.41. The lowest BCUT2D eigenvalue weighted by Crippen LogP contribution is -2.45. The molecule has 2 aromatic rings. The van der Waals surface area contributed by atoms with Gasteiger partial charge in [-0.2, -0.15) is 18.4 Å². The number of hydrogen-bond acceptors (Lipinski definition) is 4. The van der Waals surface area contributed by atoms with E-state index in [1.807, 2.05) is 0 Å². The van der Waals surface area contributed by atoms with E-state index in [0.717, 1.165) is 17.0 Å². The van der Waals surface area contributed by atoms with Crippen LogP contribution in [0, 0.1) is 11.3 Å². The number of phenolic OH excluding ortho intramolecular Hbond substituents is 1. The number of hydrogen-bond donors (Lipinski definition) is 1. The highest BCUT2D eigenvalue weighted by Gasteiger charge is 2.56. The van der Waals surface area contributed by atoms with Gasteiger partial charge in [0.05, 0.1) is 29.4 Å². The Bertz CT molecular complexity index is 1050. The molecule has 2 aromatic carbocycles. The maximum atomic E-state index is 13.3. The van der Waals surface area contributed by atoms with E-state index in [-0.39, 0.29) is 17.0 Å². The molecule has 156 valence electrons. The molecule has 0 spiro atoms. The number of nitrogens with zero attached hydrogens (tertiary/aromatic N) is 3. The lowest BCUT2D eigenvalue weighted by atomic mass is 9.90. The largest absolute Gasteiger partial charge is 0.508 e. The van der Waals surface area contributed by atoms with Gasteiger partial charge in [0.2, 0.25) is 0 Å². The first-order valence-electron chi connectivity index (χ1n) is 8.68. The van der Waals surface area contributed by atoms with Crippen molar-refractivity contribution in [3.63, 3.8) is 0 Å². The first-order valence-corrected chi connectivity index (χ1v) is 8.68. The van der Waals surface area contributed by atoms with Gasteiger partial charge in [0.25, 0.3) is 5.91 Å². The van der Waals surface area contributed by atoms with Gasteiger partial charge >= 0.3 is 12.2 Å². The second-order valence-corrected chi connectivity index (χ2v) is 6.72. The van der Waals surface area contributed by atoms with Crippen LogP contribution in [0.25, 0.3) is 0 Å². The average molecular weight is 421 g/mol. The summed E-state index contributed by atoms with van der Waals surface area (Å²) < 4.78 is 53.1. The zero-order chi connectivity index (χ0) is 22.3. The Hall–Kier alpha value is -3.61. The highest BCUT2D eigenvalue weighted by atomic mass is 19.4. The standard InChI is InChI=1S/C20H15F4N3O3/c1-19(13-3-6-15(28)7-4-13)17(29)27(18(30)26(19)9-8-21)14-5-2-12(11-25)16(10-14)20(22,23)24/h2-7,10,28H,8-9H2,1H3. The molecule has 1 heterocycles. The molecule has 0 saturated carbocycles. The number of alkyl halides is 4. The van der Waals surface area contributed by atoms with Gasteiger partial charge in [0, 0.05) is 0 Å². The van der Waals surface area contributed by atoms with E-state index in [9.17, 15) is 32.3 Å². The summed E-state index contributed by atoms with van der Waals surface area (Å²) in [5, 5.41) is 18.4. The smallest absolute Gasteiger partial charge is 0.417 e. The zero-order valence-corrected chi connectivity index (χ0v) is 15.6. The Morgan fingerprint density at radius 2 is 1.77 bits per heavy atom. The minimum absolute atomic E-state index is 0.102. The van der Waals surface area contributed by atoms with Gasteiger partial charge in [0.1, 0.15) is 18.0 Å². The molecule has 0 bridgehead atoms. The number of urea groups is 1. The van der Waals surface area contributed by atoms with Crippen molar-refractivity contribution in [1.82, 2.24) is 4.90 Å². The van der Waals surface area contributed by atoms with Crippen molar-refractivity contribution >= 4 is 17.6 Å². The fourth-order valence-corrected chi connectivity index (χ4v) is 3.43. The number of carbonyl (C=O) groups is 2. The molecule has 1 aliphatic rings. The van der Waals surface area contributed by atoms with Gasteiger partial charge in [-0.15, -0.1) is 0 Å². The van der Waals surface area contributed by atoms with Crippen LogP contribution < -0.4 is 4.90 Å². The van der Waals surface area contributed by atoms with E-state index in [4.69, 9.17) is 5.26 Å². The van der Waals surface area contributed by atoms with Crippen molar-refractivity contribution in [2.24, 2.45) is 0 Å². The summed E-state index contributed by atoms with van der Waals surface area (Å²) in [4.78, 5) is 27.7. The normalized spacial score (nSPS) is 19.3. The summed E-state index contributed by atoms with van der Waals surface area (Å²) in [6.45, 7) is -0.105. The maximum Gasteiger partial charge on any atom is 0.417 e. The van der Waals surface area contributed by atoms with Crippen molar-refractivity contribution < 1.29 is 32.3 Å². The molecule has 10 heteroatoms. The Morgan fingerprint density at radius 3 is 2.30 bits per heavy atom. The summed E-state index contributed by atoms with van der Waals surface area (Å²) >= 11 is 0. The lowest BCUT2D eigenvalue weighted by molar-refractivity contribution is -0.137. The van der Waals surface area contributed by atoms with Crippen molar-refractivity contribution in [2.45, 2.75) is 18.6 Å². The Balaban J connectivity index is 2.16. The van der Waals surface area contributed by atoms with Crippen molar-refractivity contribution in [2.75, 3.05) is 18.1 Å². The predicted octanol–water partition coefficient (Wildman–Crippen LogP) is 3.94. The van der Waals surface area contributed by atoms with Crippen molar-refractivity contribution in [3.8, 4) is 11.8 Å². The maximum absolute atomic E-state index is 13.3. The van der Waals surface area contributed by atoms with Crippen LogP contribution in [0.5, 0.6) is 5.75 Å². The topological polar surface area (TPSA) is 84.6 Å². The third kappa shape index (κ3) is 3.22. The molecule has 3 amide bonds. The van der Waals surface area contributed by atoms with Crippen LogP contribution in [-0.2, 0) is 16.5 Å². The Morgan fingerprint density at radius 1 is 1.13 bits per heavy atom.